The molecular weight excluding hydrogens is 519 g/mol. The van der Waals surface area contributed by atoms with Crippen LogP contribution in [0.2, 0.25) is 0 Å². The highest BCUT2D eigenvalue weighted by Crippen LogP contribution is 2.62. The maximum atomic E-state index is 14.4. The Labute approximate surface area is 163 Å². The summed E-state index contributed by atoms with van der Waals surface area (Å²) in [6.07, 6.45) is -26.4. The fourth-order valence-electron chi connectivity index (χ4n) is 2.23. The lowest BCUT2D eigenvalue weighted by Crippen LogP contribution is -2.72. The molecule has 0 amide bonds. The third kappa shape index (κ3) is 3.55. The highest BCUT2D eigenvalue weighted by atomic mass is 35.5. The van der Waals surface area contributed by atoms with Crippen molar-refractivity contribution in [2.75, 3.05) is 6.67 Å². The van der Waals surface area contributed by atoms with Crippen molar-refractivity contribution in [3.05, 3.63) is 10.8 Å². The summed E-state index contributed by atoms with van der Waals surface area (Å²) in [6, 6.07) is 0. The van der Waals surface area contributed by atoms with E-state index in [2.05, 4.69) is 16.3 Å². The first kappa shape index (κ1) is 27.7. The van der Waals surface area contributed by atoms with Crippen molar-refractivity contribution in [3.63, 3.8) is 0 Å². The molecule has 1 rings (SSSR count). The van der Waals surface area contributed by atoms with Crippen molar-refractivity contribution in [2.45, 2.75) is 54.0 Å². The van der Waals surface area contributed by atoms with Crippen LogP contribution in [-0.2, 0) is 4.74 Å². The van der Waals surface area contributed by atoms with Gasteiger partial charge in [0.1, 0.15) is 6.67 Å². The number of hydrogen-bond donors (Lipinski definition) is 0. The zero-order chi connectivity index (χ0) is 25.2. The second-order valence-electron chi connectivity index (χ2n) is 5.88. The topological polar surface area (TPSA) is 9.23 Å². The number of allylic oxidation sites excluding steroid dienone is 1. The van der Waals surface area contributed by atoms with Gasteiger partial charge in [-0.2, -0.15) is 57.1 Å². The number of halogens is 18. The van der Waals surface area contributed by atoms with Gasteiger partial charge in [-0.05, 0) is 11.6 Å². The van der Waals surface area contributed by atoms with E-state index < -0.39 is 71.5 Å². The molecule has 0 saturated carbocycles. The molecule has 0 bridgehead atoms. The number of rotatable bonds is 1. The molecule has 0 N–H and O–H groups in total. The molecule has 3 atom stereocenters. The van der Waals surface area contributed by atoms with Crippen LogP contribution in [0, 0.1) is 0 Å². The molecule has 1 aliphatic heterocycles. The quantitative estimate of drug-likeness (QED) is 0.357. The molecule has 184 valence electrons. The summed E-state index contributed by atoms with van der Waals surface area (Å²) in [6.45, 7) is -3.51. The van der Waals surface area contributed by atoms with E-state index in [9.17, 15) is 74.6 Å². The SMILES string of the molecule is FCC1=C(Cl)OC(F)(F)C(F)C(F)(F)C(F)C(F)(F)C(F)(F)C(F)(F)C1(F)C(F)(F)F. The van der Waals surface area contributed by atoms with Crippen LogP contribution in [-0.4, -0.2) is 60.7 Å². The fraction of sp³-hybridized carbons (Fsp3) is 0.833. The van der Waals surface area contributed by atoms with Crippen molar-refractivity contribution in [1.29, 1.82) is 0 Å². The van der Waals surface area contributed by atoms with Crippen LogP contribution in [0.4, 0.5) is 74.6 Å². The van der Waals surface area contributed by atoms with Gasteiger partial charge in [0.25, 0.3) is 6.17 Å². The van der Waals surface area contributed by atoms with E-state index in [4.69, 9.17) is 0 Å². The Morgan fingerprint density at radius 2 is 1.19 bits per heavy atom. The summed E-state index contributed by atoms with van der Waals surface area (Å²) >= 11 is 4.43. The van der Waals surface area contributed by atoms with E-state index in [-0.39, 0.29) is 0 Å². The molecule has 19 heteroatoms. The van der Waals surface area contributed by atoms with Gasteiger partial charge in [0.05, 0.1) is 5.57 Å². The van der Waals surface area contributed by atoms with E-state index in [0.717, 1.165) is 0 Å². The molecule has 0 saturated heterocycles. The molecule has 1 nitrogen and oxygen atoms in total. The van der Waals surface area contributed by atoms with Gasteiger partial charge in [0.15, 0.2) is 5.22 Å². The van der Waals surface area contributed by atoms with E-state index in [1.165, 1.54) is 0 Å². The Bertz CT molecular complexity index is 727. The molecule has 3 unspecified atom stereocenters. The molecule has 0 radical (unpaired) electrons. The average molecular weight is 523 g/mol. The third-order valence-electron chi connectivity index (χ3n) is 3.94. The molecule has 0 aliphatic carbocycles. The first-order valence-corrected chi connectivity index (χ1v) is 7.33. The van der Waals surface area contributed by atoms with Crippen molar-refractivity contribution < 1.29 is 79.4 Å². The summed E-state index contributed by atoms with van der Waals surface area (Å²) in [5, 5.41) is -3.36. The first-order valence-electron chi connectivity index (χ1n) is 6.95. The van der Waals surface area contributed by atoms with Gasteiger partial charge in [0.2, 0.25) is 6.17 Å². The van der Waals surface area contributed by atoms with Crippen LogP contribution >= 0.6 is 11.6 Å². The minimum atomic E-state index is -8.18. The fourth-order valence-corrected chi connectivity index (χ4v) is 2.51. The Morgan fingerprint density at radius 3 is 1.55 bits per heavy atom. The van der Waals surface area contributed by atoms with Gasteiger partial charge in [-0.25, -0.2) is 17.6 Å². The van der Waals surface area contributed by atoms with Crippen molar-refractivity contribution >= 4 is 11.6 Å². The summed E-state index contributed by atoms with van der Waals surface area (Å²) in [7, 11) is 0. The standard InChI is InChI=1S/C12H4ClF17O/c13-3-2(1-14)7(19,12(28,29)30)10(24,25)11(26,27)8(20,21)4(15)6(17,18)5(16)9(22,23)31-3/h4-5H,1H2. The molecule has 0 aromatic carbocycles. The molecular formula is C12H4ClF17O. The predicted octanol–water partition coefficient (Wildman–Crippen LogP) is 6.52. The zero-order valence-corrected chi connectivity index (χ0v) is 14.3. The average Bonchev–Trinajstić information content (AvgIpc) is 2.57. The minimum absolute atomic E-state index is 2.58. The van der Waals surface area contributed by atoms with Crippen molar-refractivity contribution in [3.8, 4) is 0 Å². The Kier molecular flexibility index (Phi) is 6.54. The molecule has 0 spiro atoms. The van der Waals surface area contributed by atoms with E-state index in [0.29, 0.717) is 0 Å². The molecule has 1 heterocycles. The van der Waals surface area contributed by atoms with Gasteiger partial charge in [0, 0.05) is 0 Å². The van der Waals surface area contributed by atoms with Gasteiger partial charge >= 0.3 is 41.6 Å². The highest BCUT2D eigenvalue weighted by molar-refractivity contribution is 6.28. The number of ether oxygens (including phenoxy) is 1. The first-order chi connectivity index (χ1) is 13.4. The lowest BCUT2D eigenvalue weighted by Gasteiger charge is -2.42. The lowest BCUT2D eigenvalue weighted by atomic mass is 9.81. The van der Waals surface area contributed by atoms with E-state index >= 15 is 0 Å². The van der Waals surface area contributed by atoms with Crippen molar-refractivity contribution in [1.82, 2.24) is 0 Å². The van der Waals surface area contributed by atoms with E-state index in [1.807, 2.05) is 0 Å². The van der Waals surface area contributed by atoms with Gasteiger partial charge in [-0.1, -0.05) is 0 Å². The second-order valence-corrected chi connectivity index (χ2v) is 6.22. The maximum Gasteiger partial charge on any atom is 0.436 e. The highest BCUT2D eigenvalue weighted by Gasteiger charge is 2.90. The summed E-state index contributed by atoms with van der Waals surface area (Å²) in [4.78, 5) is 0. The largest absolute Gasteiger partial charge is 0.436 e. The van der Waals surface area contributed by atoms with Crippen molar-refractivity contribution in [2.24, 2.45) is 0 Å². The van der Waals surface area contributed by atoms with Gasteiger partial charge < -0.3 is 4.74 Å². The Morgan fingerprint density at radius 1 is 0.774 bits per heavy atom. The third-order valence-corrected chi connectivity index (χ3v) is 4.24. The molecule has 0 fully saturated rings. The summed E-state index contributed by atoms with van der Waals surface area (Å²) in [5.41, 5.74) is -11.3. The maximum absolute atomic E-state index is 14.4. The molecule has 31 heavy (non-hydrogen) atoms. The normalized spacial score (nSPS) is 35.2. The smallest absolute Gasteiger partial charge is 0.419 e. The predicted molar refractivity (Wildman–Crippen MR) is 64.4 cm³/mol. The number of hydrogen-bond acceptors (Lipinski definition) is 1. The summed E-state index contributed by atoms with van der Waals surface area (Å²) < 4.78 is 231. The minimum Gasteiger partial charge on any atom is -0.419 e. The van der Waals surface area contributed by atoms with Crippen LogP contribution < -0.4 is 0 Å². The van der Waals surface area contributed by atoms with E-state index in [1.54, 1.807) is 0 Å². The monoisotopic (exact) mass is 522 g/mol. The second kappa shape index (κ2) is 7.33. The molecule has 0 aromatic heterocycles. The van der Waals surface area contributed by atoms with Crippen LogP contribution in [0.25, 0.3) is 0 Å². The molecule has 0 aromatic rings. The summed E-state index contributed by atoms with van der Waals surface area (Å²) in [5.74, 6) is -31.2. The molecule has 1 aliphatic rings. The Balaban J connectivity index is 4.24. The lowest BCUT2D eigenvalue weighted by molar-refractivity contribution is -0.398. The van der Waals surface area contributed by atoms with Gasteiger partial charge in [-0.3, -0.25) is 0 Å². The Hall–Kier alpha value is -1.36. The van der Waals surface area contributed by atoms with Crippen LogP contribution in [0.3, 0.4) is 0 Å². The van der Waals surface area contributed by atoms with Gasteiger partial charge in [-0.15, -0.1) is 0 Å². The van der Waals surface area contributed by atoms with Crippen LogP contribution in [0.1, 0.15) is 0 Å². The zero-order valence-electron chi connectivity index (χ0n) is 13.6. The van der Waals surface area contributed by atoms with Crippen LogP contribution in [0.5, 0.6) is 0 Å². The number of alkyl halides is 17. The van der Waals surface area contributed by atoms with Crippen LogP contribution in [0.15, 0.2) is 10.8 Å².